The summed E-state index contributed by atoms with van der Waals surface area (Å²) in [6.45, 7) is 5.18. The number of aromatic nitrogens is 2. The molecule has 1 rings (SSSR count). The average Bonchev–Trinajstić information content (AvgIpc) is 2.43. The fraction of sp³-hybridized carbons (Fsp3) is 0.600. The van der Waals surface area contributed by atoms with Crippen LogP contribution >= 0.6 is 0 Å². The van der Waals surface area contributed by atoms with Gasteiger partial charge in [-0.05, 0) is 6.92 Å². The predicted octanol–water partition coefficient (Wildman–Crippen LogP) is -0.191. The predicted molar refractivity (Wildman–Crippen MR) is 70.8 cm³/mol. The Bertz CT molecular complexity index is 476. The van der Waals surface area contributed by atoms with Gasteiger partial charge in [-0.15, -0.1) is 0 Å². The Labute approximate surface area is 113 Å². The number of ether oxygens (including phenoxy) is 1. The quantitative estimate of drug-likeness (QED) is 0.387. The largest absolute Gasteiger partial charge is 0.380 e. The lowest BCUT2D eigenvalue weighted by molar-refractivity contribution is 0.135. The van der Waals surface area contributed by atoms with Gasteiger partial charge in [0.2, 0.25) is 16.0 Å². The molecule has 0 amide bonds. The van der Waals surface area contributed by atoms with Crippen molar-refractivity contribution in [3.63, 3.8) is 0 Å². The van der Waals surface area contributed by atoms with Crippen molar-refractivity contribution < 1.29 is 13.2 Å². The lowest BCUT2D eigenvalue weighted by Crippen LogP contribution is -2.34. The van der Waals surface area contributed by atoms with Gasteiger partial charge in [-0.25, -0.2) is 24.2 Å². The number of nitrogens with one attached hydrogen (secondary N) is 1. The first-order valence-electron chi connectivity index (χ1n) is 5.92. The smallest absolute Gasteiger partial charge is 0.246 e. The van der Waals surface area contributed by atoms with E-state index >= 15 is 0 Å². The second-order valence-electron chi connectivity index (χ2n) is 3.58. The van der Waals surface area contributed by atoms with Gasteiger partial charge in [-0.1, -0.05) is 6.92 Å². The first-order chi connectivity index (χ1) is 9.06. The van der Waals surface area contributed by atoms with Crippen molar-refractivity contribution in [1.82, 2.24) is 14.3 Å². The molecular weight excluding hydrogens is 270 g/mol. The zero-order valence-corrected chi connectivity index (χ0v) is 11.9. The summed E-state index contributed by atoms with van der Waals surface area (Å²) in [4.78, 5) is 7.62. The SMILES string of the molecule is CCOCCN(CC)S(=O)(=O)c1cnc(NN)nc1. The molecule has 9 heteroatoms. The van der Waals surface area contributed by atoms with Crippen molar-refractivity contribution in [2.24, 2.45) is 5.84 Å². The van der Waals surface area contributed by atoms with Gasteiger partial charge in [0.05, 0.1) is 19.0 Å². The maximum absolute atomic E-state index is 12.3. The van der Waals surface area contributed by atoms with E-state index in [1.165, 1.54) is 16.7 Å². The first-order valence-corrected chi connectivity index (χ1v) is 7.36. The van der Waals surface area contributed by atoms with Crippen LogP contribution in [0, 0.1) is 0 Å². The van der Waals surface area contributed by atoms with Crippen molar-refractivity contribution in [2.75, 3.05) is 31.7 Å². The standard InChI is InChI=1S/C10H19N5O3S/c1-3-15(5-6-18-4-2)19(16,17)9-7-12-10(14-11)13-8-9/h7-8H,3-6,11H2,1-2H3,(H,12,13,14). The molecule has 0 aliphatic carbocycles. The van der Waals surface area contributed by atoms with E-state index in [9.17, 15) is 8.42 Å². The molecule has 0 fully saturated rings. The van der Waals surface area contributed by atoms with Gasteiger partial charge in [0.25, 0.3) is 0 Å². The van der Waals surface area contributed by atoms with E-state index in [0.29, 0.717) is 26.3 Å². The molecular formula is C10H19N5O3S. The number of sulfonamides is 1. The molecule has 108 valence electrons. The lowest BCUT2D eigenvalue weighted by Gasteiger charge is -2.19. The van der Waals surface area contributed by atoms with E-state index in [1.54, 1.807) is 6.92 Å². The highest BCUT2D eigenvalue weighted by Crippen LogP contribution is 2.13. The van der Waals surface area contributed by atoms with Crippen LogP contribution in [0.1, 0.15) is 13.8 Å². The molecule has 19 heavy (non-hydrogen) atoms. The number of likely N-dealkylation sites (N-methyl/N-ethyl adjacent to an activating group) is 1. The van der Waals surface area contributed by atoms with Crippen molar-refractivity contribution in [2.45, 2.75) is 18.7 Å². The summed E-state index contributed by atoms with van der Waals surface area (Å²) in [7, 11) is -3.60. The summed E-state index contributed by atoms with van der Waals surface area (Å²) in [6.07, 6.45) is 2.45. The third kappa shape index (κ3) is 4.10. The van der Waals surface area contributed by atoms with Crippen molar-refractivity contribution in [1.29, 1.82) is 0 Å². The molecule has 8 nitrogen and oxygen atoms in total. The molecule has 1 aromatic heterocycles. The lowest BCUT2D eigenvalue weighted by atomic mass is 10.6. The molecule has 0 bridgehead atoms. The fourth-order valence-electron chi connectivity index (χ4n) is 1.43. The molecule has 3 N–H and O–H groups in total. The van der Waals surface area contributed by atoms with Crippen LogP contribution < -0.4 is 11.3 Å². The average molecular weight is 289 g/mol. The Morgan fingerprint density at radius 3 is 2.47 bits per heavy atom. The van der Waals surface area contributed by atoms with E-state index in [0.717, 1.165) is 0 Å². The van der Waals surface area contributed by atoms with Crippen LogP contribution in [0.3, 0.4) is 0 Å². The third-order valence-corrected chi connectivity index (χ3v) is 4.36. The molecule has 0 saturated heterocycles. The Hall–Kier alpha value is -1.29. The number of hydrazine groups is 1. The zero-order chi connectivity index (χ0) is 14.3. The molecule has 0 radical (unpaired) electrons. The molecule has 0 spiro atoms. The van der Waals surface area contributed by atoms with Crippen LogP contribution in [0.5, 0.6) is 0 Å². The first kappa shape index (κ1) is 15.8. The topological polar surface area (TPSA) is 110 Å². The molecule has 0 aliphatic rings. The minimum absolute atomic E-state index is 0.0323. The summed E-state index contributed by atoms with van der Waals surface area (Å²) >= 11 is 0. The van der Waals surface area contributed by atoms with Crippen LogP contribution in [0.25, 0.3) is 0 Å². The van der Waals surface area contributed by atoms with E-state index in [-0.39, 0.29) is 10.8 Å². The summed E-state index contributed by atoms with van der Waals surface area (Å²) in [5, 5.41) is 0. The Morgan fingerprint density at radius 2 is 2.00 bits per heavy atom. The molecule has 0 saturated carbocycles. The third-order valence-electron chi connectivity index (χ3n) is 2.44. The minimum Gasteiger partial charge on any atom is -0.380 e. The van der Waals surface area contributed by atoms with E-state index in [1.807, 2.05) is 6.92 Å². The molecule has 0 aromatic carbocycles. The van der Waals surface area contributed by atoms with Gasteiger partial charge >= 0.3 is 0 Å². The summed E-state index contributed by atoms with van der Waals surface area (Å²) < 4.78 is 31.1. The van der Waals surface area contributed by atoms with Crippen LogP contribution in [0.15, 0.2) is 17.3 Å². The van der Waals surface area contributed by atoms with Crippen LogP contribution in [-0.4, -0.2) is 49.0 Å². The van der Waals surface area contributed by atoms with E-state index in [2.05, 4.69) is 15.4 Å². The van der Waals surface area contributed by atoms with Crippen LogP contribution in [-0.2, 0) is 14.8 Å². The summed E-state index contributed by atoms with van der Waals surface area (Å²) in [5.41, 5.74) is 2.24. The van der Waals surface area contributed by atoms with Gasteiger partial charge in [-0.3, -0.25) is 5.43 Å². The van der Waals surface area contributed by atoms with Gasteiger partial charge in [0, 0.05) is 19.7 Å². The van der Waals surface area contributed by atoms with E-state index < -0.39 is 10.0 Å². The van der Waals surface area contributed by atoms with Gasteiger partial charge in [0.1, 0.15) is 4.90 Å². The molecule has 1 heterocycles. The second-order valence-corrected chi connectivity index (χ2v) is 5.52. The highest BCUT2D eigenvalue weighted by Gasteiger charge is 2.23. The van der Waals surface area contributed by atoms with Crippen LogP contribution in [0.4, 0.5) is 5.95 Å². The Balaban J connectivity index is 2.86. The number of nitrogen functional groups attached to an aromatic ring is 1. The number of nitrogens with zero attached hydrogens (tertiary/aromatic N) is 3. The minimum atomic E-state index is -3.60. The van der Waals surface area contributed by atoms with Gasteiger partial charge in [0.15, 0.2) is 0 Å². The molecule has 0 unspecified atom stereocenters. The Kier molecular flexibility index (Phi) is 6.09. The zero-order valence-electron chi connectivity index (χ0n) is 11.0. The number of anilines is 1. The van der Waals surface area contributed by atoms with Crippen molar-refractivity contribution in [3.05, 3.63) is 12.4 Å². The summed E-state index contributed by atoms with van der Waals surface area (Å²) in [5.74, 6) is 5.29. The number of nitrogens with two attached hydrogens (primary N) is 1. The molecule has 0 aliphatic heterocycles. The maximum atomic E-state index is 12.3. The monoisotopic (exact) mass is 289 g/mol. The molecule has 0 atom stereocenters. The van der Waals surface area contributed by atoms with Crippen molar-refractivity contribution >= 4 is 16.0 Å². The fourth-order valence-corrected chi connectivity index (χ4v) is 2.76. The second kappa shape index (κ2) is 7.34. The molecule has 1 aromatic rings. The maximum Gasteiger partial charge on any atom is 0.246 e. The number of hydrogen-bond donors (Lipinski definition) is 2. The van der Waals surface area contributed by atoms with Crippen molar-refractivity contribution in [3.8, 4) is 0 Å². The van der Waals surface area contributed by atoms with E-state index in [4.69, 9.17) is 10.6 Å². The number of hydrogen-bond acceptors (Lipinski definition) is 7. The van der Waals surface area contributed by atoms with Gasteiger partial charge in [-0.2, -0.15) is 4.31 Å². The summed E-state index contributed by atoms with van der Waals surface area (Å²) in [6, 6.07) is 0. The highest BCUT2D eigenvalue weighted by atomic mass is 32.2. The van der Waals surface area contributed by atoms with Gasteiger partial charge < -0.3 is 4.74 Å². The highest BCUT2D eigenvalue weighted by molar-refractivity contribution is 7.89. The Morgan fingerprint density at radius 1 is 1.37 bits per heavy atom. The number of rotatable bonds is 8. The normalized spacial score (nSPS) is 11.8. The van der Waals surface area contributed by atoms with Crippen LogP contribution in [0.2, 0.25) is 0 Å².